The first-order valence-corrected chi connectivity index (χ1v) is 7.88. The van der Waals surface area contributed by atoms with E-state index in [2.05, 4.69) is 5.16 Å². The van der Waals surface area contributed by atoms with Crippen molar-refractivity contribution in [1.82, 2.24) is 4.90 Å². The third-order valence-corrected chi connectivity index (χ3v) is 5.69. The normalized spacial score (nSPS) is 20.4. The molecule has 6 heteroatoms. The monoisotopic (exact) mass is 287 g/mol. The predicted molar refractivity (Wildman–Crippen MR) is 79.5 cm³/mol. The quantitative estimate of drug-likeness (QED) is 0.358. The second kappa shape index (κ2) is 6.03. The zero-order valence-electron chi connectivity index (χ0n) is 12.3. The second-order valence-electron chi connectivity index (χ2n) is 5.71. The molecule has 5 nitrogen and oxygen atoms in total. The molecule has 0 spiro atoms. The van der Waals surface area contributed by atoms with Crippen LogP contribution in [0, 0.1) is 5.41 Å². The highest BCUT2D eigenvalue weighted by Crippen LogP contribution is 2.36. The molecule has 0 bridgehead atoms. The number of nitrogens with zero attached hydrogens (tertiary/aromatic N) is 2. The van der Waals surface area contributed by atoms with Crippen LogP contribution in [0.2, 0.25) is 0 Å². The lowest BCUT2D eigenvalue weighted by Gasteiger charge is -2.42. The number of thioether (sulfide) groups is 1. The fraction of sp³-hybridized carbons (Fsp3) is 0.846. The highest BCUT2D eigenvalue weighted by molar-refractivity contribution is 8.00. The zero-order valence-corrected chi connectivity index (χ0v) is 13.1. The Bertz CT molecular complexity index is 361. The van der Waals surface area contributed by atoms with Gasteiger partial charge in [0.25, 0.3) is 0 Å². The Morgan fingerprint density at radius 2 is 2.00 bits per heavy atom. The van der Waals surface area contributed by atoms with E-state index in [-0.39, 0.29) is 21.9 Å². The van der Waals surface area contributed by atoms with E-state index in [4.69, 9.17) is 10.9 Å². The SMILES string of the molecule is CCC(C)(C)C(=O)N1CCC(SC)(C(N)=NO)CC1. The number of piperidine rings is 1. The van der Waals surface area contributed by atoms with Crippen molar-refractivity contribution in [1.29, 1.82) is 0 Å². The van der Waals surface area contributed by atoms with Gasteiger partial charge in [0.05, 0.1) is 4.75 Å². The van der Waals surface area contributed by atoms with Gasteiger partial charge in [0.2, 0.25) is 5.91 Å². The minimum atomic E-state index is -0.331. The van der Waals surface area contributed by atoms with Gasteiger partial charge in [-0.15, -0.1) is 0 Å². The smallest absolute Gasteiger partial charge is 0.228 e. The van der Waals surface area contributed by atoms with Crippen molar-refractivity contribution in [2.75, 3.05) is 19.3 Å². The summed E-state index contributed by atoms with van der Waals surface area (Å²) in [5, 5.41) is 12.1. The Labute approximate surface area is 119 Å². The first kappa shape index (κ1) is 16.1. The van der Waals surface area contributed by atoms with E-state index in [0.717, 1.165) is 19.3 Å². The molecule has 0 atom stereocenters. The molecule has 1 aliphatic rings. The van der Waals surface area contributed by atoms with Gasteiger partial charge in [-0.2, -0.15) is 11.8 Å². The van der Waals surface area contributed by atoms with Crippen molar-refractivity contribution < 1.29 is 10.0 Å². The summed E-state index contributed by atoms with van der Waals surface area (Å²) >= 11 is 1.60. The van der Waals surface area contributed by atoms with Gasteiger partial charge in [-0.3, -0.25) is 4.79 Å². The fourth-order valence-electron chi connectivity index (χ4n) is 2.31. The number of oxime groups is 1. The van der Waals surface area contributed by atoms with Crippen LogP contribution >= 0.6 is 11.8 Å². The lowest BCUT2D eigenvalue weighted by molar-refractivity contribution is -0.141. The third kappa shape index (κ3) is 3.16. The highest BCUT2D eigenvalue weighted by Gasteiger charge is 2.41. The summed E-state index contributed by atoms with van der Waals surface area (Å²) in [5.41, 5.74) is 5.49. The summed E-state index contributed by atoms with van der Waals surface area (Å²) in [5.74, 6) is 0.464. The van der Waals surface area contributed by atoms with E-state index in [0.29, 0.717) is 13.1 Å². The molecule has 1 heterocycles. The molecule has 19 heavy (non-hydrogen) atoms. The largest absolute Gasteiger partial charge is 0.409 e. The zero-order chi connectivity index (χ0) is 14.7. The van der Waals surface area contributed by atoms with Gasteiger partial charge in [-0.1, -0.05) is 25.9 Å². The number of amidine groups is 1. The second-order valence-corrected chi connectivity index (χ2v) is 6.90. The number of hydrogen-bond donors (Lipinski definition) is 2. The fourth-order valence-corrected chi connectivity index (χ4v) is 3.15. The molecule has 1 amide bonds. The van der Waals surface area contributed by atoms with Crippen LogP contribution in [-0.4, -0.2) is 45.9 Å². The average Bonchev–Trinajstić information content (AvgIpc) is 2.45. The molecular formula is C13H25N3O2S. The van der Waals surface area contributed by atoms with Crippen molar-refractivity contribution in [2.24, 2.45) is 16.3 Å². The van der Waals surface area contributed by atoms with Gasteiger partial charge >= 0.3 is 0 Å². The van der Waals surface area contributed by atoms with Crippen LogP contribution in [0.15, 0.2) is 5.16 Å². The van der Waals surface area contributed by atoms with Crippen molar-refractivity contribution in [2.45, 2.75) is 44.8 Å². The standard InChI is InChI=1S/C13H25N3O2S/c1-5-12(2,3)11(17)16-8-6-13(19-4,7-9-16)10(14)15-18/h18H,5-9H2,1-4H3,(H2,14,15). The van der Waals surface area contributed by atoms with E-state index in [1.165, 1.54) is 0 Å². The van der Waals surface area contributed by atoms with Crippen LogP contribution in [-0.2, 0) is 4.79 Å². The number of hydrogen-bond acceptors (Lipinski definition) is 4. The number of carbonyl (C=O) groups excluding carboxylic acids is 1. The molecule has 1 fully saturated rings. The molecule has 0 aromatic carbocycles. The van der Waals surface area contributed by atoms with Gasteiger partial charge in [-0.05, 0) is 25.5 Å². The minimum Gasteiger partial charge on any atom is -0.409 e. The first-order chi connectivity index (χ1) is 8.83. The van der Waals surface area contributed by atoms with E-state index >= 15 is 0 Å². The van der Waals surface area contributed by atoms with Crippen LogP contribution in [0.5, 0.6) is 0 Å². The van der Waals surface area contributed by atoms with Crippen molar-refractivity contribution in [3.8, 4) is 0 Å². The first-order valence-electron chi connectivity index (χ1n) is 6.65. The lowest BCUT2D eigenvalue weighted by atomic mass is 9.86. The summed E-state index contributed by atoms with van der Waals surface area (Å²) in [4.78, 5) is 14.3. The molecule has 3 N–H and O–H groups in total. The molecule has 110 valence electrons. The molecule has 0 aromatic heterocycles. The third-order valence-electron chi connectivity index (χ3n) is 4.29. The van der Waals surface area contributed by atoms with Crippen LogP contribution in [0.4, 0.5) is 0 Å². The molecule has 0 radical (unpaired) electrons. The number of rotatable bonds is 4. The van der Waals surface area contributed by atoms with E-state index in [1.807, 2.05) is 31.9 Å². The van der Waals surface area contributed by atoms with Gasteiger partial charge < -0.3 is 15.8 Å². The van der Waals surface area contributed by atoms with E-state index in [1.54, 1.807) is 11.8 Å². The molecule has 0 saturated carbocycles. The van der Waals surface area contributed by atoms with Crippen LogP contribution in [0.1, 0.15) is 40.0 Å². The molecular weight excluding hydrogens is 262 g/mol. The summed E-state index contributed by atoms with van der Waals surface area (Å²) in [6.45, 7) is 7.33. The van der Waals surface area contributed by atoms with Gasteiger partial charge in [0, 0.05) is 18.5 Å². The summed E-state index contributed by atoms with van der Waals surface area (Å²) in [7, 11) is 0. The maximum Gasteiger partial charge on any atom is 0.228 e. The van der Waals surface area contributed by atoms with Gasteiger partial charge in [0.1, 0.15) is 0 Å². The predicted octanol–water partition coefficient (Wildman–Crippen LogP) is 1.89. The Morgan fingerprint density at radius 1 is 1.47 bits per heavy atom. The minimum absolute atomic E-state index is 0.198. The molecule has 0 unspecified atom stereocenters. The topological polar surface area (TPSA) is 78.9 Å². The number of carbonyl (C=O) groups is 1. The van der Waals surface area contributed by atoms with Crippen LogP contribution in [0.3, 0.4) is 0 Å². The summed E-state index contributed by atoms with van der Waals surface area (Å²) in [6.07, 6.45) is 4.26. The Hall–Kier alpha value is -0.910. The Balaban J connectivity index is 2.75. The highest BCUT2D eigenvalue weighted by atomic mass is 32.2. The lowest BCUT2D eigenvalue weighted by Crippen LogP contribution is -2.53. The number of nitrogens with two attached hydrogens (primary N) is 1. The van der Waals surface area contributed by atoms with E-state index in [9.17, 15) is 4.79 Å². The maximum atomic E-state index is 12.4. The van der Waals surface area contributed by atoms with E-state index < -0.39 is 0 Å². The summed E-state index contributed by atoms with van der Waals surface area (Å²) < 4.78 is -0.331. The van der Waals surface area contributed by atoms with Gasteiger partial charge in [-0.25, -0.2) is 0 Å². The van der Waals surface area contributed by atoms with Crippen LogP contribution in [0.25, 0.3) is 0 Å². The molecule has 0 aliphatic carbocycles. The molecule has 1 saturated heterocycles. The molecule has 1 aliphatic heterocycles. The Morgan fingerprint density at radius 3 is 2.37 bits per heavy atom. The van der Waals surface area contributed by atoms with Crippen LogP contribution < -0.4 is 5.73 Å². The number of amides is 1. The number of likely N-dealkylation sites (tertiary alicyclic amines) is 1. The molecule has 0 aromatic rings. The maximum absolute atomic E-state index is 12.4. The van der Waals surface area contributed by atoms with Crippen molar-refractivity contribution in [3.05, 3.63) is 0 Å². The van der Waals surface area contributed by atoms with Crippen molar-refractivity contribution in [3.63, 3.8) is 0 Å². The van der Waals surface area contributed by atoms with Crippen molar-refractivity contribution >= 4 is 23.5 Å². The summed E-state index contributed by atoms with van der Waals surface area (Å²) in [6, 6.07) is 0. The van der Waals surface area contributed by atoms with Gasteiger partial charge in [0.15, 0.2) is 5.84 Å². The Kier molecular flexibility index (Phi) is 5.12. The average molecular weight is 287 g/mol. The molecule has 1 rings (SSSR count).